The van der Waals surface area contributed by atoms with Crippen LogP contribution in [0, 0.1) is 29.1 Å². The zero-order chi connectivity index (χ0) is 15.3. The SMILES string of the molecule is Fc1c(F)c(F)c(-c2nc3ccc(Br)cc3s2)c(F)c1F. The molecule has 3 aromatic rings. The minimum Gasteiger partial charge on any atom is -0.236 e. The summed E-state index contributed by atoms with van der Waals surface area (Å²) >= 11 is 4.06. The largest absolute Gasteiger partial charge is 0.236 e. The lowest BCUT2D eigenvalue weighted by Gasteiger charge is -2.05. The van der Waals surface area contributed by atoms with Gasteiger partial charge in [0.25, 0.3) is 0 Å². The predicted molar refractivity (Wildman–Crippen MR) is 72.5 cm³/mol. The van der Waals surface area contributed by atoms with Crippen molar-refractivity contribution >= 4 is 37.5 Å². The minimum absolute atomic E-state index is 0.268. The van der Waals surface area contributed by atoms with Gasteiger partial charge in [-0.05, 0) is 18.2 Å². The summed E-state index contributed by atoms with van der Waals surface area (Å²) in [5.74, 6) is -9.92. The molecule has 8 heteroatoms. The summed E-state index contributed by atoms with van der Waals surface area (Å²) in [7, 11) is 0. The molecular weight excluding hydrogens is 377 g/mol. The lowest BCUT2D eigenvalue weighted by atomic mass is 10.2. The molecule has 0 aliphatic rings. The molecule has 1 aromatic heterocycles. The predicted octanol–water partition coefficient (Wildman–Crippen LogP) is 5.42. The van der Waals surface area contributed by atoms with Gasteiger partial charge in [0, 0.05) is 4.47 Å². The average Bonchev–Trinajstić information content (AvgIpc) is 2.85. The Bertz CT molecular complexity index is 848. The van der Waals surface area contributed by atoms with Crippen LogP contribution in [0.1, 0.15) is 0 Å². The third-order valence-corrected chi connectivity index (χ3v) is 4.30. The Balaban J connectivity index is 2.32. The second-order valence-corrected chi connectivity index (χ2v) is 6.02. The summed E-state index contributed by atoms with van der Waals surface area (Å²) in [6.45, 7) is 0. The van der Waals surface area contributed by atoms with Crippen molar-refractivity contribution in [2.75, 3.05) is 0 Å². The highest BCUT2D eigenvalue weighted by molar-refractivity contribution is 9.10. The molecule has 0 radical (unpaired) electrons. The van der Waals surface area contributed by atoms with Gasteiger partial charge in [-0.1, -0.05) is 15.9 Å². The van der Waals surface area contributed by atoms with Crippen LogP contribution in [-0.2, 0) is 0 Å². The number of rotatable bonds is 1. The van der Waals surface area contributed by atoms with Crippen molar-refractivity contribution in [3.63, 3.8) is 0 Å². The Morgan fingerprint density at radius 3 is 2.05 bits per heavy atom. The molecule has 0 saturated heterocycles. The highest BCUT2D eigenvalue weighted by atomic mass is 79.9. The van der Waals surface area contributed by atoms with Crippen LogP contribution in [0.15, 0.2) is 22.7 Å². The molecule has 0 saturated carbocycles. The van der Waals surface area contributed by atoms with E-state index in [4.69, 9.17) is 0 Å². The molecule has 0 fully saturated rings. The molecule has 3 rings (SSSR count). The first kappa shape index (κ1) is 14.4. The Hall–Kier alpha value is -1.54. The van der Waals surface area contributed by atoms with E-state index >= 15 is 0 Å². The summed E-state index contributed by atoms with van der Waals surface area (Å²) in [5, 5.41) is -0.268. The van der Waals surface area contributed by atoms with Crippen molar-refractivity contribution in [2.24, 2.45) is 0 Å². The molecule has 0 aliphatic heterocycles. The van der Waals surface area contributed by atoms with Crippen molar-refractivity contribution in [3.05, 3.63) is 51.8 Å². The van der Waals surface area contributed by atoms with E-state index in [0.717, 1.165) is 11.3 Å². The van der Waals surface area contributed by atoms with Crippen LogP contribution in [0.3, 0.4) is 0 Å². The van der Waals surface area contributed by atoms with Crippen LogP contribution in [0.25, 0.3) is 20.8 Å². The fourth-order valence-corrected chi connectivity index (χ4v) is 3.35. The monoisotopic (exact) mass is 379 g/mol. The molecular formula is C13H3BrF5NS. The van der Waals surface area contributed by atoms with Crippen LogP contribution < -0.4 is 0 Å². The summed E-state index contributed by atoms with van der Waals surface area (Å²) in [6.07, 6.45) is 0. The molecule has 0 spiro atoms. The lowest BCUT2D eigenvalue weighted by molar-refractivity contribution is 0.381. The molecule has 2 aromatic carbocycles. The topological polar surface area (TPSA) is 12.9 Å². The minimum atomic E-state index is -2.18. The van der Waals surface area contributed by atoms with E-state index in [1.165, 1.54) is 0 Å². The first-order valence-electron chi connectivity index (χ1n) is 5.48. The van der Waals surface area contributed by atoms with Crippen molar-refractivity contribution < 1.29 is 22.0 Å². The van der Waals surface area contributed by atoms with Gasteiger partial charge >= 0.3 is 0 Å². The second kappa shape index (κ2) is 5.03. The van der Waals surface area contributed by atoms with Crippen LogP contribution in [0.4, 0.5) is 22.0 Å². The van der Waals surface area contributed by atoms with Crippen LogP contribution in [0.2, 0.25) is 0 Å². The molecule has 0 bridgehead atoms. The number of fused-ring (bicyclic) bond motifs is 1. The molecule has 0 amide bonds. The van der Waals surface area contributed by atoms with Crippen molar-refractivity contribution in [1.29, 1.82) is 0 Å². The maximum Gasteiger partial charge on any atom is 0.200 e. The molecule has 21 heavy (non-hydrogen) atoms. The van der Waals surface area contributed by atoms with Gasteiger partial charge in [0.2, 0.25) is 5.82 Å². The highest BCUT2D eigenvalue weighted by Gasteiger charge is 2.28. The van der Waals surface area contributed by atoms with Gasteiger partial charge in [0.15, 0.2) is 23.3 Å². The van der Waals surface area contributed by atoms with Crippen LogP contribution in [-0.4, -0.2) is 4.98 Å². The molecule has 1 nitrogen and oxygen atoms in total. The van der Waals surface area contributed by atoms with Gasteiger partial charge in [0.05, 0.1) is 15.8 Å². The maximum absolute atomic E-state index is 13.7. The third kappa shape index (κ3) is 2.22. The van der Waals surface area contributed by atoms with Crippen molar-refractivity contribution in [3.8, 4) is 10.6 Å². The summed E-state index contributed by atoms with van der Waals surface area (Å²) in [5.41, 5.74) is -0.606. The van der Waals surface area contributed by atoms with Crippen molar-refractivity contribution in [2.45, 2.75) is 0 Å². The average molecular weight is 380 g/mol. The smallest absolute Gasteiger partial charge is 0.200 e. The first-order chi connectivity index (χ1) is 9.90. The molecule has 1 heterocycles. The normalized spacial score (nSPS) is 11.3. The number of thiazole rings is 1. The fourth-order valence-electron chi connectivity index (χ4n) is 1.80. The molecule has 0 N–H and O–H groups in total. The van der Waals surface area contributed by atoms with E-state index < -0.39 is 34.6 Å². The number of nitrogens with zero attached hydrogens (tertiary/aromatic N) is 1. The van der Waals surface area contributed by atoms with Gasteiger partial charge in [-0.2, -0.15) is 0 Å². The summed E-state index contributed by atoms with van der Waals surface area (Å²) in [6, 6.07) is 4.87. The molecule has 0 aliphatic carbocycles. The Morgan fingerprint density at radius 2 is 1.43 bits per heavy atom. The zero-order valence-corrected chi connectivity index (χ0v) is 12.3. The number of hydrogen-bond acceptors (Lipinski definition) is 2. The van der Waals surface area contributed by atoms with E-state index in [-0.39, 0.29) is 5.01 Å². The van der Waals surface area contributed by atoms with Gasteiger partial charge in [0.1, 0.15) is 5.01 Å². The van der Waals surface area contributed by atoms with Crippen molar-refractivity contribution in [1.82, 2.24) is 4.98 Å². The van der Waals surface area contributed by atoms with Gasteiger partial charge in [-0.15, -0.1) is 11.3 Å². The summed E-state index contributed by atoms with van der Waals surface area (Å²) < 4.78 is 68.2. The van der Waals surface area contributed by atoms with E-state index in [9.17, 15) is 22.0 Å². The summed E-state index contributed by atoms with van der Waals surface area (Å²) in [4.78, 5) is 3.92. The Labute approximate surface area is 127 Å². The Morgan fingerprint density at radius 1 is 0.857 bits per heavy atom. The third-order valence-electron chi connectivity index (χ3n) is 2.77. The van der Waals surface area contributed by atoms with E-state index in [1.54, 1.807) is 18.2 Å². The fraction of sp³-hybridized carbons (Fsp3) is 0. The van der Waals surface area contributed by atoms with Gasteiger partial charge in [-0.3, -0.25) is 0 Å². The Kier molecular flexibility index (Phi) is 3.45. The van der Waals surface area contributed by atoms with Gasteiger partial charge in [-0.25, -0.2) is 26.9 Å². The van der Waals surface area contributed by atoms with E-state index in [2.05, 4.69) is 20.9 Å². The number of hydrogen-bond donors (Lipinski definition) is 0. The maximum atomic E-state index is 13.7. The first-order valence-corrected chi connectivity index (χ1v) is 7.09. The quantitative estimate of drug-likeness (QED) is 0.312. The lowest BCUT2D eigenvalue weighted by Crippen LogP contribution is -2.03. The zero-order valence-electron chi connectivity index (χ0n) is 9.86. The standard InChI is InChI=1S/C13H3BrF5NS/c14-4-1-2-5-6(3-4)21-13(20-5)7-8(15)10(17)12(19)11(18)9(7)16/h1-3H. The van der Waals surface area contributed by atoms with Gasteiger partial charge < -0.3 is 0 Å². The van der Waals surface area contributed by atoms with E-state index in [1.807, 2.05) is 0 Å². The second-order valence-electron chi connectivity index (χ2n) is 4.08. The molecule has 0 atom stereocenters. The molecule has 0 unspecified atom stereocenters. The number of halogens is 6. The van der Waals surface area contributed by atoms with E-state index in [0.29, 0.717) is 14.7 Å². The highest BCUT2D eigenvalue weighted by Crippen LogP contribution is 2.36. The van der Waals surface area contributed by atoms with Crippen LogP contribution >= 0.6 is 27.3 Å². The number of aromatic nitrogens is 1. The van der Waals surface area contributed by atoms with Crippen LogP contribution in [0.5, 0.6) is 0 Å². The number of benzene rings is 2. The molecule has 108 valence electrons.